The molecule has 0 aliphatic carbocycles. The van der Waals surface area contributed by atoms with Crippen molar-refractivity contribution in [3.05, 3.63) is 42.3 Å². The summed E-state index contributed by atoms with van der Waals surface area (Å²) in [5.41, 5.74) is 1.27. The normalized spacial score (nSPS) is 7.18. The first-order chi connectivity index (χ1) is 4.81. The average molecular weight is 372 g/mol. The second-order valence-corrected chi connectivity index (χ2v) is 2.16. The first kappa shape index (κ1) is 13.8. The molecule has 58 valence electrons. The van der Waals surface area contributed by atoms with Gasteiger partial charge in [-0.05, 0) is 0 Å². The van der Waals surface area contributed by atoms with Crippen molar-refractivity contribution in [1.29, 1.82) is 0 Å². The van der Waals surface area contributed by atoms with Crippen LogP contribution in [0.25, 0.3) is 0 Å². The minimum atomic E-state index is 0. The topological polar surface area (TPSA) is 0 Å². The molecular weight excluding hydrogens is 358 g/mol. The molecule has 0 nitrogen and oxygen atoms in total. The van der Waals surface area contributed by atoms with Crippen molar-refractivity contribution in [2.75, 3.05) is 0 Å². The van der Waals surface area contributed by atoms with E-state index < -0.39 is 0 Å². The third-order valence-electron chi connectivity index (χ3n) is 0.863. The first-order valence-electron chi connectivity index (χ1n) is 3.48. The van der Waals surface area contributed by atoms with Crippen LogP contribution < -0.4 is 0 Å². The van der Waals surface area contributed by atoms with Crippen molar-refractivity contribution in [1.82, 2.24) is 0 Å². The smallest absolute Gasteiger partial charge is 0.335 e. The van der Waals surface area contributed by atoms with Gasteiger partial charge in [-0.2, -0.15) is 49.7 Å². The third kappa shape index (κ3) is 10.3. The van der Waals surface area contributed by atoms with Gasteiger partial charge in [0, 0.05) is 0 Å². The molecule has 1 heteroatoms. The number of aryl methyl sites for hydroxylation is 1. The molecule has 0 saturated heterocycles. The molecule has 0 unspecified atom stereocenters. The molecule has 0 N–H and O–H groups in total. The van der Waals surface area contributed by atoms with Gasteiger partial charge >= 0.3 is 31.1 Å². The maximum atomic E-state index is 2.96. The van der Waals surface area contributed by atoms with Crippen molar-refractivity contribution in [2.45, 2.75) is 20.8 Å². The largest absolute Gasteiger partial charge is 2.00 e. The van der Waals surface area contributed by atoms with Gasteiger partial charge in [0.05, 0.1) is 0 Å². The van der Waals surface area contributed by atoms with Gasteiger partial charge in [-0.25, -0.2) is 0 Å². The Kier molecular flexibility index (Phi) is 12.9. The summed E-state index contributed by atoms with van der Waals surface area (Å²) in [5.74, 6) is 0. The Morgan fingerprint density at radius 1 is 1.36 bits per heavy atom. The van der Waals surface area contributed by atoms with E-state index in [2.05, 4.69) is 19.1 Å². The van der Waals surface area contributed by atoms with Crippen LogP contribution >= 0.6 is 0 Å². The van der Waals surface area contributed by atoms with Gasteiger partial charge in [-0.15, -0.1) is 0 Å². The van der Waals surface area contributed by atoms with Crippen LogP contribution in [0.15, 0.2) is 24.3 Å². The summed E-state index contributed by atoms with van der Waals surface area (Å²) in [5, 5.41) is 0. The van der Waals surface area contributed by atoms with Crippen molar-refractivity contribution < 1.29 is 31.1 Å². The molecular formula is C10H14U. The number of rotatable bonds is 0. The maximum Gasteiger partial charge on any atom is 2.00 e. The summed E-state index contributed by atoms with van der Waals surface area (Å²) in [6, 6.07) is 10.8. The summed E-state index contributed by atoms with van der Waals surface area (Å²) in [7, 11) is 0. The first-order valence-corrected chi connectivity index (χ1v) is 3.48. The van der Waals surface area contributed by atoms with E-state index in [9.17, 15) is 0 Å². The third-order valence-corrected chi connectivity index (χ3v) is 0.863. The Morgan fingerprint density at radius 3 is 2.09 bits per heavy atom. The summed E-state index contributed by atoms with van der Waals surface area (Å²) < 4.78 is 0. The molecule has 0 aliphatic heterocycles. The fourth-order valence-electron chi connectivity index (χ4n) is 0.483. The van der Waals surface area contributed by atoms with Gasteiger partial charge in [0.25, 0.3) is 0 Å². The minimum absolute atomic E-state index is 0. The van der Waals surface area contributed by atoms with E-state index in [1.165, 1.54) is 5.56 Å². The molecule has 11 heavy (non-hydrogen) atoms. The molecule has 0 bridgehead atoms. The standard InChI is InChI=1S/C7H7.C3H7.U/c1-7-5-3-2-4-6-7;1-3-2;/h2-3,5-6H,1H3;3H,1-2H3;/q2*-1;+2. The van der Waals surface area contributed by atoms with E-state index in [1.54, 1.807) is 0 Å². The summed E-state index contributed by atoms with van der Waals surface area (Å²) in [6.45, 7) is 6.05. The molecule has 1 rings (SSSR count). The fraction of sp³-hybridized carbons (Fsp3) is 0.300. The number of hydrogen-bond acceptors (Lipinski definition) is 0. The van der Waals surface area contributed by atoms with Crippen LogP contribution in [-0.4, -0.2) is 0 Å². The van der Waals surface area contributed by atoms with Crippen LogP contribution in [-0.2, 0) is 0 Å². The fourth-order valence-corrected chi connectivity index (χ4v) is 0.483. The molecule has 0 atom stereocenters. The van der Waals surface area contributed by atoms with Crippen LogP contribution in [0.2, 0.25) is 0 Å². The Labute approximate surface area is 93.8 Å². The Hall–Kier alpha value is 0.272. The van der Waals surface area contributed by atoms with Gasteiger partial charge in [0.1, 0.15) is 0 Å². The van der Waals surface area contributed by atoms with E-state index in [0.29, 0.717) is 0 Å². The molecule has 0 radical (unpaired) electrons. The Bertz CT molecular complexity index is 146. The van der Waals surface area contributed by atoms with Gasteiger partial charge in [-0.3, -0.25) is 0 Å². The van der Waals surface area contributed by atoms with Crippen LogP contribution in [0.1, 0.15) is 19.4 Å². The summed E-state index contributed by atoms with van der Waals surface area (Å²) >= 11 is 0. The molecule has 0 fully saturated rings. The van der Waals surface area contributed by atoms with E-state index in [1.807, 2.05) is 38.5 Å². The van der Waals surface area contributed by atoms with Crippen molar-refractivity contribution >= 4 is 0 Å². The van der Waals surface area contributed by atoms with Gasteiger partial charge in [0.15, 0.2) is 0 Å². The molecule has 1 aromatic rings. The molecule has 0 spiro atoms. The zero-order valence-corrected chi connectivity index (χ0v) is 11.6. The monoisotopic (exact) mass is 372 g/mol. The number of benzene rings is 1. The molecule has 0 amide bonds. The Balaban J connectivity index is 0. The van der Waals surface area contributed by atoms with Gasteiger partial charge in [0.2, 0.25) is 0 Å². The van der Waals surface area contributed by atoms with Crippen LogP contribution in [0.4, 0.5) is 0 Å². The van der Waals surface area contributed by atoms with E-state index in [-0.39, 0.29) is 31.1 Å². The second-order valence-electron chi connectivity index (χ2n) is 2.16. The molecule has 0 heterocycles. The van der Waals surface area contributed by atoms with Crippen molar-refractivity contribution in [3.8, 4) is 0 Å². The minimum Gasteiger partial charge on any atom is -0.335 e. The summed E-state index contributed by atoms with van der Waals surface area (Å²) in [4.78, 5) is 0. The number of hydrogen-bond donors (Lipinski definition) is 0. The predicted molar refractivity (Wildman–Crippen MR) is 45.7 cm³/mol. The van der Waals surface area contributed by atoms with Crippen LogP contribution in [0, 0.1) is 50.5 Å². The molecule has 0 saturated carbocycles. The molecule has 0 aromatic heterocycles. The van der Waals surface area contributed by atoms with Crippen LogP contribution in [0.5, 0.6) is 0 Å². The van der Waals surface area contributed by atoms with E-state index in [4.69, 9.17) is 0 Å². The zero-order valence-electron chi connectivity index (χ0n) is 7.39. The average Bonchev–Trinajstić information content (AvgIpc) is 1.91. The molecule has 1 aromatic carbocycles. The van der Waals surface area contributed by atoms with E-state index >= 15 is 0 Å². The quantitative estimate of drug-likeness (QED) is 0.615. The molecule has 0 aliphatic rings. The second kappa shape index (κ2) is 10.3. The summed E-state index contributed by atoms with van der Waals surface area (Å²) in [6.07, 6.45) is 2.00. The Morgan fingerprint density at radius 2 is 1.91 bits per heavy atom. The zero-order chi connectivity index (χ0) is 7.82. The van der Waals surface area contributed by atoms with Crippen molar-refractivity contribution in [3.63, 3.8) is 0 Å². The van der Waals surface area contributed by atoms with Gasteiger partial charge < -0.3 is 6.42 Å². The van der Waals surface area contributed by atoms with Crippen LogP contribution in [0.3, 0.4) is 0 Å². The van der Waals surface area contributed by atoms with Crippen molar-refractivity contribution in [2.24, 2.45) is 0 Å². The van der Waals surface area contributed by atoms with Gasteiger partial charge in [-0.1, -0.05) is 6.92 Å². The predicted octanol–water partition coefficient (Wildman–Crippen LogP) is 3.03. The SMILES string of the molecule is C[CH-]C.Cc1c[c-]ccc1.[U+2]. The van der Waals surface area contributed by atoms with E-state index in [0.717, 1.165) is 0 Å². The maximum absolute atomic E-state index is 2.96.